The van der Waals surface area contributed by atoms with Crippen LogP contribution in [0.3, 0.4) is 0 Å². The van der Waals surface area contributed by atoms with Crippen LogP contribution >= 0.6 is 11.8 Å². The van der Waals surface area contributed by atoms with Crippen molar-refractivity contribution in [2.45, 2.75) is 258 Å². The summed E-state index contributed by atoms with van der Waals surface area (Å²) in [5.74, 6) is -0.313. The number of carbonyl (C=O) groups excluding carboxylic acids is 4. The number of hydrogen-bond acceptors (Lipinski definition) is 14. The number of benzene rings is 1. The van der Waals surface area contributed by atoms with Gasteiger partial charge in [-0.3, -0.25) is 19.0 Å². The molecule has 0 aliphatic heterocycles. The van der Waals surface area contributed by atoms with Crippen LogP contribution in [0.15, 0.2) is 24.3 Å². The summed E-state index contributed by atoms with van der Waals surface area (Å²) in [6.45, 7) is 12.6. The van der Waals surface area contributed by atoms with Crippen molar-refractivity contribution in [2.75, 3.05) is 41.0 Å². The van der Waals surface area contributed by atoms with Gasteiger partial charge in [0.1, 0.15) is 24.4 Å². The molecule has 1 aromatic carbocycles. The van der Waals surface area contributed by atoms with Gasteiger partial charge in [-0.25, -0.2) is 4.79 Å². The number of alkyl carbamates (subject to hydrolysis) is 1. The number of aromatic hydroxyl groups is 1. The molecule has 3 aromatic rings. The Morgan fingerprint density at radius 1 is 0.658 bits per heavy atom. The van der Waals surface area contributed by atoms with Gasteiger partial charge in [0.05, 0.1) is 6.54 Å². The van der Waals surface area contributed by atoms with Crippen LogP contribution in [-0.2, 0) is 35.1 Å². The molecule has 17 heteroatoms. The van der Waals surface area contributed by atoms with Gasteiger partial charge in [-0.2, -0.15) is 26.7 Å². The summed E-state index contributed by atoms with van der Waals surface area (Å²) in [6, 6.07) is 5.74. The fourth-order valence-electron chi connectivity index (χ4n) is 8.86. The summed E-state index contributed by atoms with van der Waals surface area (Å²) in [5, 5.41) is 19.6. The zero-order valence-corrected chi connectivity index (χ0v) is 48.6. The summed E-state index contributed by atoms with van der Waals surface area (Å²) in [7, 11) is 0. The Labute approximate surface area is 461 Å². The maximum Gasteiger partial charge on any atom is 0.408 e. The van der Waals surface area contributed by atoms with Crippen LogP contribution in [0.4, 0.5) is 22.2 Å². The first-order chi connectivity index (χ1) is 36.7. The van der Waals surface area contributed by atoms with Gasteiger partial charge in [0, 0.05) is 36.6 Å². The van der Waals surface area contributed by atoms with E-state index in [1.807, 2.05) is 0 Å². The lowest BCUT2D eigenvalue weighted by Gasteiger charge is -2.24. The molecule has 0 fully saturated rings. The molecule has 0 radical (unpaired) electrons. The number of rotatable bonds is 44. The second-order valence-corrected chi connectivity index (χ2v) is 22.7. The number of unbranched alkanes of at least 4 members (excludes halogenated alkanes) is 25. The third kappa shape index (κ3) is 29.6. The van der Waals surface area contributed by atoms with Crippen LogP contribution in [0.25, 0.3) is 11.2 Å². The monoisotopic (exact) mass is 1080 g/mol. The van der Waals surface area contributed by atoms with E-state index >= 15 is 0 Å². The minimum atomic E-state index is -1.04. The van der Waals surface area contributed by atoms with Gasteiger partial charge in [0.15, 0.2) is 17.0 Å². The number of anilines is 3. The predicted octanol–water partition coefficient (Wildman–Crippen LogP) is 14.4. The molecule has 16 nitrogen and oxygen atoms in total. The van der Waals surface area contributed by atoms with Gasteiger partial charge in [-0.15, -0.1) is 0 Å². The highest BCUT2D eigenvalue weighted by atomic mass is 32.2. The van der Waals surface area contributed by atoms with Crippen molar-refractivity contribution >= 4 is 64.3 Å². The average Bonchev–Trinajstić information content (AvgIpc) is 3.70. The molecule has 2 amide bonds. The number of nitrogens with zero attached hydrogens (tertiary/aromatic N) is 4. The number of carbonyl (C=O) groups is 4. The number of nitrogen functional groups attached to an aromatic ring is 1. The first-order valence-electron chi connectivity index (χ1n) is 29.5. The smallest absolute Gasteiger partial charge is 0.408 e. The van der Waals surface area contributed by atoms with Crippen molar-refractivity contribution in [1.29, 1.82) is 0 Å². The number of aromatic nitrogens is 4. The Bertz CT molecular complexity index is 2060. The molecule has 0 spiro atoms. The predicted molar refractivity (Wildman–Crippen MR) is 311 cm³/mol. The minimum absolute atomic E-state index is 0.0959. The molecule has 2 heterocycles. The van der Waals surface area contributed by atoms with E-state index < -0.39 is 29.7 Å². The Morgan fingerprint density at radius 2 is 1.16 bits per heavy atom. The molecular formula is C59H100N8O8S. The van der Waals surface area contributed by atoms with E-state index in [4.69, 9.17) is 19.9 Å². The van der Waals surface area contributed by atoms with Crippen LogP contribution in [-0.4, -0.2) is 91.0 Å². The lowest BCUT2D eigenvalue weighted by Crippen LogP contribution is -2.47. The van der Waals surface area contributed by atoms with E-state index in [9.17, 15) is 24.3 Å². The summed E-state index contributed by atoms with van der Waals surface area (Å²) < 4.78 is 18.7. The fraction of sp³-hybridized carbons (Fsp3) is 0.746. The van der Waals surface area contributed by atoms with Gasteiger partial charge in [-0.05, 0) is 57.7 Å². The van der Waals surface area contributed by atoms with E-state index in [-0.39, 0.29) is 54.8 Å². The Kier molecular flexibility index (Phi) is 34.1. The molecule has 0 saturated heterocycles. The van der Waals surface area contributed by atoms with Crippen molar-refractivity contribution in [3.63, 3.8) is 0 Å². The van der Waals surface area contributed by atoms with Crippen molar-refractivity contribution in [1.82, 2.24) is 24.8 Å². The third-order valence-corrected chi connectivity index (χ3v) is 14.4. The number of amides is 2. The molecule has 0 bridgehead atoms. The molecule has 2 aromatic heterocycles. The van der Waals surface area contributed by atoms with Crippen LogP contribution < -0.4 is 21.7 Å². The number of ether oxygens (including phenoxy) is 3. The Morgan fingerprint density at radius 3 is 1.67 bits per heavy atom. The molecule has 0 aliphatic rings. The van der Waals surface area contributed by atoms with E-state index in [2.05, 4.69) is 51.7 Å². The molecule has 76 heavy (non-hydrogen) atoms. The number of thioether (sulfide) groups is 1. The van der Waals surface area contributed by atoms with E-state index in [1.165, 1.54) is 138 Å². The topological polar surface area (TPSA) is 222 Å². The molecule has 0 aliphatic carbocycles. The normalized spacial score (nSPS) is 12.3. The van der Waals surface area contributed by atoms with Crippen molar-refractivity contribution < 1.29 is 38.5 Å². The first-order valence-corrected chi connectivity index (χ1v) is 30.7. The Hall–Kier alpha value is -4.80. The molecule has 1 unspecified atom stereocenters. The first kappa shape index (κ1) is 65.5. The van der Waals surface area contributed by atoms with Crippen molar-refractivity contribution in [2.24, 2.45) is 0 Å². The molecule has 430 valence electrons. The zero-order valence-electron chi connectivity index (χ0n) is 47.8. The van der Waals surface area contributed by atoms with Crippen LogP contribution in [0.5, 0.6) is 6.01 Å². The highest BCUT2D eigenvalue weighted by molar-refractivity contribution is 7.99. The molecule has 3 rings (SSSR count). The minimum Gasteiger partial charge on any atom is -0.480 e. The maximum absolute atomic E-state index is 13.9. The van der Waals surface area contributed by atoms with Crippen LogP contribution in [0, 0.1) is 0 Å². The van der Waals surface area contributed by atoms with Gasteiger partial charge in [-0.1, -0.05) is 193 Å². The van der Waals surface area contributed by atoms with Gasteiger partial charge in [0.25, 0.3) is 6.01 Å². The maximum atomic E-state index is 13.9. The number of fused-ring (bicyclic) bond motifs is 1. The SMILES string of the molecule is CCCCCCCCCCCCCCCC(=O)OCC(CSC[C@H](NC(=O)OC(C)(C)C)C(=O)Nc1ccc(Cn2c(O)nc3c(N)nc(NCCCC)nc32)cc1)OC(=O)CCCCCCCCCCCCCCC. The lowest BCUT2D eigenvalue weighted by atomic mass is 10.0. The van der Waals surface area contributed by atoms with E-state index in [1.54, 1.807) is 45.0 Å². The summed E-state index contributed by atoms with van der Waals surface area (Å²) in [4.78, 5) is 66.2. The standard InChI is InChI=1S/C59H100N8O8S/c1-7-10-13-15-17-19-21-23-25-27-29-31-33-35-50(68)73-43-48(74-51(69)36-34-32-30-28-26-24-22-20-18-16-14-11-8-2)44-76-45-49(63-58(72)75-59(4,5)6)55(70)62-47-39-37-46(38-40-47)42-67-54-52(64-57(67)71)53(60)65-56(66-54)61-41-12-9-3/h37-40,48-49H,7-36,41-45H2,1-6H3,(H,62,70)(H,63,72)(H,64,71)(H3,60,61,65,66)/t48?,49-/m0/s1. The highest BCUT2D eigenvalue weighted by Gasteiger charge is 2.27. The second-order valence-electron chi connectivity index (χ2n) is 21.6. The largest absolute Gasteiger partial charge is 0.480 e. The average molecular weight is 1080 g/mol. The lowest BCUT2D eigenvalue weighted by molar-refractivity contribution is -0.157. The van der Waals surface area contributed by atoms with E-state index in [0.717, 1.165) is 63.4 Å². The zero-order chi connectivity index (χ0) is 55.2. The van der Waals surface area contributed by atoms with E-state index in [0.29, 0.717) is 35.8 Å². The number of esters is 2. The summed E-state index contributed by atoms with van der Waals surface area (Å²) >= 11 is 1.31. The van der Waals surface area contributed by atoms with Gasteiger partial charge < -0.3 is 41.0 Å². The summed E-state index contributed by atoms with van der Waals surface area (Å²) in [5.41, 5.74) is 7.30. The molecule has 6 N–H and O–H groups in total. The molecule has 0 saturated carbocycles. The second kappa shape index (κ2) is 39.5. The van der Waals surface area contributed by atoms with Crippen molar-refractivity contribution in [3.8, 4) is 6.01 Å². The number of nitrogens with one attached hydrogen (secondary N) is 3. The highest BCUT2D eigenvalue weighted by Crippen LogP contribution is 2.26. The van der Waals surface area contributed by atoms with Crippen LogP contribution in [0.2, 0.25) is 0 Å². The number of hydrogen-bond donors (Lipinski definition) is 5. The quantitative estimate of drug-likeness (QED) is 0.0202. The van der Waals surface area contributed by atoms with Crippen LogP contribution in [0.1, 0.15) is 240 Å². The number of nitrogens with two attached hydrogens (primary N) is 1. The molecule has 2 atom stereocenters. The fourth-order valence-corrected chi connectivity index (χ4v) is 9.89. The van der Waals surface area contributed by atoms with Crippen molar-refractivity contribution in [3.05, 3.63) is 29.8 Å². The van der Waals surface area contributed by atoms with Gasteiger partial charge >= 0.3 is 18.0 Å². The summed E-state index contributed by atoms with van der Waals surface area (Å²) in [6.07, 6.45) is 32.5. The van der Waals surface area contributed by atoms with Gasteiger partial charge in [0.2, 0.25) is 11.9 Å². The molecular weight excluding hydrogens is 981 g/mol. The Balaban J connectivity index is 1.58. The number of imidazole rings is 1. The third-order valence-electron chi connectivity index (χ3n) is 13.3.